The molecule has 0 atom stereocenters. The van der Waals surface area contributed by atoms with Gasteiger partial charge in [-0.05, 0) is 88.2 Å². The standard InChI is InChI=1S/C47H27NO/c1-3-15-30-28(12-1)14-11-23-33(30)44-35-19-7-9-21-37(35)45(38-22-10-8-20-36(38)44)39-25-43-46(34-18-6-5-17-32(34)39)41-27-48-26-40-31-16-4-2-13-29(31)24-42(49-43)47(40)41/h1-27H. The monoisotopic (exact) mass is 621 g/mol. The molecule has 0 N–H and O–H groups in total. The third-order valence-electron chi connectivity index (χ3n) is 10.5. The molecule has 0 spiro atoms. The first kappa shape index (κ1) is 26.5. The lowest BCUT2D eigenvalue weighted by molar-refractivity contribution is 0.488. The van der Waals surface area contributed by atoms with Crippen molar-refractivity contribution in [3.8, 4) is 44.9 Å². The summed E-state index contributed by atoms with van der Waals surface area (Å²) in [5, 5.41) is 14.3. The molecule has 9 aromatic carbocycles. The third kappa shape index (κ3) is 3.69. The van der Waals surface area contributed by atoms with E-state index in [-0.39, 0.29) is 0 Å². The van der Waals surface area contributed by atoms with Gasteiger partial charge in [-0.25, -0.2) is 0 Å². The van der Waals surface area contributed by atoms with E-state index in [0.29, 0.717) is 0 Å². The van der Waals surface area contributed by atoms with Gasteiger partial charge in [-0.3, -0.25) is 4.98 Å². The minimum atomic E-state index is 0.858. The highest BCUT2D eigenvalue weighted by atomic mass is 16.5. The quantitative estimate of drug-likeness (QED) is 0.142. The van der Waals surface area contributed by atoms with Crippen LogP contribution in [0.2, 0.25) is 0 Å². The SMILES string of the molecule is c1ccc2c(-c3c4ccccc4c(-c4cc5c(c6ccccc46)-c4cncc6c4c(cc4ccccc46)O5)c4ccccc34)cccc2c1. The maximum absolute atomic E-state index is 6.97. The summed E-state index contributed by atoms with van der Waals surface area (Å²) < 4.78 is 6.97. The van der Waals surface area contributed by atoms with Crippen molar-refractivity contribution in [2.45, 2.75) is 0 Å². The summed E-state index contributed by atoms with van der Waals surface area (Å²) in [5.41, 5.74) is 7.11. The molecular formula is C47H27NO. The highest BCUT2D eigenvalue weighted by Gasteiger charge is 2.27. The number of nitrogens with zero attached hydrogens (tertiary/aromatic N) is 1. The molecule has 226 valence electrons. The number of rotatable bonds is 2. The van der Waals surface area contributed by atoms with Crippen molar-refractivity contribution in [3.63, 3.8) is 0 Å². The minimum absolute atomic E-state index is 0.858. The van der Waals surface area contributed by atoms with Gasteiger partial charge in [0.05, 0.1) is 0 Å². The van der Waals surface area contributed by atoms with E-state index in [4.69, 9.17) is 9.72 Å². The van der Waals surface area contributed by atoms with Gasteiger partial charge in [0.25, 0.3) is 0 Å². The Labute approximate surface area is 282 Å². The van der Waals surface area contributed by atoms with Crippen molar-refractivity contribution in [3.05, 3.63) is 164 Å². The average molecular weight is 622 g/mol. The summed E-state index contributed by atoms with van der Waals surface area (Å²) in [4.78, 5) is 4.78. The van der Waals surface area contributed by atoms with E-state index in [9.17, 15) is 0 Å². The molecule has 1 aromatic heterocycles. The summed E-state index contributed by atoms with van der Waals surface area (Å²) in [6, 6.07) is 54.9. The van der Waals surface area contributed by atoms with Gasteiger partial charge in [0.2, 0.25) is 0 Å². The van der Waals surface area contributed by atoms with Gasteiger partial charge in [-0.1, -0.05) is 140 Å². The third-order valence-corrected chi connectivity index (χ3v) is 10.5. The lowest BCUT2D eigenvalue weighted by Gasteiger charge is -2.25. The summed E-state index contributed by atoms with van der Waals surface area (Å²) in [7, 11) is 0. The zero-order valence-corrected chi connectivity index (χ0v) is 26.4. The fourth-order valence-corrected chi connectivity index (χ4v) is 8.47. The zero-order valence-electron chi connectivity index (χ0n) is 26.4. The number of benzene rings is 9. The van der Waals surface area contributed by atoms with Gasteiger partial charge in [0.1, 0.15) is 11.5 Å². The van der Waals surface area contributed by atoms with Gasteiger partial charge in [0.15, 0.2) is 0 Å². The molecule has 0 unspecified atom stereocenters. The normalized spacial score (nSPS) is 12.2. The summed E-state index contributed by atoms with van der Waals surface area (Å²) in [6.07, 6.45) is 3.99. The molecule has 0 saturated carbocycles. The second kappa shape index (κ2) is 10.00. The smallest absolute Gasteiger partial charge is 0.136 e. The molecule has 11 rings (SSSR count). The summed E-state index contributed by atoms with van der Waals surface area (Å²) in [5.74, 6) is 1.73. The van der Waals surface area contributed by atoms with E-state index in [1.54, 1.807) is 0 Å². The number of fused-ring (bicyclic) bond motifs is 9. The van der Waals surface area contributed by atoms with E-state index in [1.807, 2.05) is 12.4 Å². The van der Waals surface area contributed by atoms with Crippen LogP contribution < -0.4 is 4.74 Å². The Hall–Kier alpha value is -6.51. The fraction of sp³-hybridized carbons (Fsp3) is 0. The minimum Gasteiger partial charge on any atom is -0.456 e. The van der Waals surface area contributed by atoms with Gasteiger partial charge in [0, 0.05) is 34.3 Å². The van der Waals surface area contributed by atoms with Gasteiger partial charge < -0.3 is 4.74 Å². The largest absolute Gasteiger partial charge is 0.456 e. The van der Waals surface area contributed by atoms with Gasteiger partial charge >= 0.3 is 0 Å². The first-order valence-electron chi connectivity index (χ1n) is 16.8. The molecule has 2 heterocycles. The number of aromatic nitrogens is 1. The molecule has 0 bridgehead atoms. The lowest BCUT2D eigenvalue weighted by Crippen LogP contribution is -2.01. The Morgan fingerprint density at radius 2 is 0.857 bits per heavy atom. The molecule has 0 fully saturated rings. The van der Waals surface area contributed by atoms with Crippen LogP contribution in [0.4, 0.5) is 0 Å². The summed E-state index contributed by atoms with van der Waals surface area (Å²) >= 11 is 0. The Morgan fingerprint density at radius 3 is 1.55 bits per heavy atom. The van der Waals surface area contributed by atoms with Crippen molar-refractivity contribution in [2.75, 3.05) is 0 Å². The van der Waals surface area contributed by atoms with Crippen molar-refractivity contribution >= 4 is 64.6 Å². The van der Waals surface area contributed by atoms with Crippen LogP contribution in [-0.2, 0) is 0 Å². The second-order valence-electron chi connectivity index (χ2n) is 13.0. The van der Waals surface area contributed by atoms with Crippen LogP contribution >= 0.6 is 0 Å². The first-order valence-corrected chi connectivity index (χ1v) is 16.8. The van der Waals surface area contributed by atoms with Crippen molar-refractivity contribution in [2.24, 2.45) is 0 Å². The Morgan fingerprint density at radius 1 is 0.327 bits per heavy atom. The van der Waals surface area contributed by atoms with Crippen LogP contribution in [0.15, 0.2) is 164 Å². The van der Waals surface area contributed by atoms with E-state index < -0.39 is 0 Å². The highest BCUT2D eigenvalue weighted by molar-refractivity contribution is 6.27. The van der Waals surface area contributed by atoms with Crippen molar-refractivity contribution < 1.29 is 4.74 Å². The molecule has 1 aliphatic rings. The van der Waals surface area contributed by atoms with Gasteiger partial charge in [-0.2, -0.15) is 0 Å². The molecule has 49 heavy (non-hydrogen) atoms. The molecule has 0 amide bonds. The van der Waals surface area contributed by atoms with Crippen LogP contribution in [-0.4, -0.2) is 4.98 Å². The molecule has 0 aliphatic carbocycles. The molecule has 10 aromatic rings. The van der Waals surface area contributed by atoms with Crippen LogP contribution in [0.5, 0.6) is 11.5 Å². The van der Waals surface area contributed by atoms with Crippen LogP contribution in [0.1, 0.15) is 0 Å². The number of ether oxygens (including phenoxy) is 1. The fourth-order valence-electron chi connectivity index (χ4n) is 8.47. The van der Waals surface area contributed by atoms with Crippen LogP contribution in [0, 0.1) is 0 Å². The molecular weight excluding hydrogens is 595 g/mol. The van der Waals surface area contributed by atoms with E-state index >= 15 is 0 Å². The lowest BCUT2D eigenvalue weighted by atomic mass is 9.82. The maximum Gasteiger partial charge on any atom is 0.136 e. The van der Waals surface area contributed by atoms with Crippen molar-refractivity contribution in [1.82, 2.24) is 4.98 Å². The van der Waals surface area contributed by atoms with Crippen LogP contribution in [0.25, 0.3) is 98.0 Å². The number of hydrogen-bond donors (Lipinski definition) is 0. The maximum atomic E-state index is 6.97. The predicted octanol–water partition coefficient (Wildman–Crippen LogP) is 13.1. The summed E-state index contributed by atoms with van der Waals surface area (Å²) in [6.45, 7) is 0. The molecule has 2 heteroatoms. The molecule has 0 saturated heterocycles. The first-order chi connectivity index (χ1) is 24.3. The zero-order chi connectivity index (χ0) is 32.1. The topological polar surface area (TPSA) is 22.1 Å². The average Bonchev–Trinajstić information content (AvgIpc) is 3.16. The van der Waals surface area contributed by atoms with Gasteiger partial charge in [-0.15, -0.1) is 0 Å². The molecule has 2 nitrogen and oxygen atoms in total. The second-order valence-corrected chi connectivity index (χ2v) is 13.0. The van der Waals surface area contributed by atoms with E-state index in [1.165, 1.54) is 59.8 Å². The Kier molecular flexibility index (Phi) is 5.42. The predicted molar refractivity (Wildman–Crippen MR) is 206 cm³/mol. The number of hydrogen-bond acceptors (Lipinski definition) is 2. The van der Waals surface area contributed by atoms with E-state index in [2.05, 4.69) is 152 Å². The highest BCUT2D eigenvalue weighted by Crippen LogP contribution is 2.54. The molecule has 1 aliphatic heterocycles. The van der Waals surface area contributed by atoms with Crippen molar-refractivity contribution in [1.29, 1.82) is 0 Å². The molecule has 0 radical (unpaired) electrons. The Bertz CT molecular complexity index is 2970. The van der Waals surface area contributed by atoms with E-state index in [0.717, 1.165) is 49.7 Å². The van der Waals surface area contributed by atoms with Crippen LogP contribution in [0.3, 0.4) is 0 Å². The Balaban J connectivity index is 1.27. The number of pyridine rings is 1.